The fourth-order valence-electron chi connectivity index (χ4n) is 2.89. The smallest absolute Gasteiger partial charge is 0.140 e. The number of halogens is 1. The molecule has 1 aliphatic heterocycles. The van der Waals surface area contributed by atoms with Gasteiger partial charge < -0.3 is 9.80 Å². The van der Waals surface area contributed by atoms with Crippen molar-refractivity contribution < 1.29 is 0 Å². The number of anilines is 2. The van der Waals surface area contributed by atoms with E-state index in [1.807, 2.05) is 18.2 Å². The molecule has 1 fully saturated rings. The summed E-state index contributed by atoms with van der Waals surface area (Å²) in [5.74, 6) is 1.98. The minimum Gasteiger partial charge on any atom is -0.353 e. The third-order valence-electron chi connectivity index (χ3n) is 4.05. The average Bonchev–Trinajstić information content (AvgIpc) is 2.62. The Kier molecular flexibility index (Phi) is 3.78. The third-order valence-corrected chi connectivity index (χ3v) is 4.54. The zero-order valence-corrected chi connectivity index (χ0v) is 14.0. The van der Waals surface area contributed by atoms with Crippen molar-refractivity contribution in [2.45, 2.75) is 0 Å². The molecule has 0 saturated carbocycles. The van der Waals surface area contributed by atoms with Crippen molar-refractivity contribution in [3.63, 3.8) is 0 Å². The number of hydrogen-bond acceptors (Lipinski definition) is 6. The summed E-state index contributed by atoms with van der Waals surface area (Å²) in [6.45, 7) is 3.64. The Bertz CT molecular complexity index is 817. The van der Waals surface area contributed by atoms with E-state index in [-0.39, 0.29) is 0 Å². The second-order valence-electron chi connectivity index (χ2n) is 5.40. The molecule has 1 saturated heterocycles. The Balaban J connectivity index is 1.58. The lowest BCUT2D eigenvalue weighted by atomic mass is 10.2. The quantitative estimate of drug-likeness (QED) is 0.690. The van der Waals surface area contributed by atoms with Crippen LogP contribution in [0.1, 0.15) is 0 Å². The fourth-order valence-corrected chi connectivity index (χ4v) is 3.25. The lowest BCUT2D eigenvalue weighted by molar-refractivity contribution is 0.642. The molecule has 0 aliphatic carbocycles. The molecular weight excluding hydrogens is 356 g/mol. The van der Waals surface area contributed by atoms with Gasteiger partial charge in [-0.25, -0.2) is 19.9 Å². The number of fused-ring (bicyclic) bond motifs is 1. The maximum absolute atomic E-state index is 4.52. The summed E-state index contributed by atoms with van der Waals surface area (Å²) in [4.78, 5) is 21.8. The van der Waals surface area contributed by atoms with E-state index in [1.54, 1.807) is 18.9 Å². The third kappa shape index (κ3) is 2.84. The summed E-state index contributed by atoms with van der Waals surface area (Å²) in [5.41, 5.74) is 0.969. The van der Waals surface area contributed by atoms with E-state index in [9.17, 15) is 0 Å². The molecule has 4 rings (SSSR count). The monoisotopic (exact) mass is 370 g/mol. The summed E-state index contributed by atoms with van der Waals surface area (Å²) in [6, 6.07) is 8.06. The van der Waals surface area contributed by atoms with Gasteiger partial charge in [0, 0.05) is 42.2 Å². The molecule has 0 amide bonds. The minimum atomic E-state index is 0.905. The van der Waals surface area contributed by atoms with E-state index >= 15 is 0 Å². The molecule has 0 N–H and O–H groups in total. The first-order valence-corrected chi connectivity index (χ1v) is 8.27. The van der Waals surface area contributed by atoms with Crippen LogP contribution in [-0.4, -0.2) is 46.1 Å². The first-order valence-electron chi connectivity index (χ1n) is 7.47. The van der Waals surface area contributed by atoms with Gasteiger partial charge in [0.25, 0.3) is 0 Å². The van der Waals surface area contributed by atoms with Gasteiger partial charge in [-0.15, -0.1) is 0 Å². The van der Waals surface area contributed by atoms with Crippen LogP contribution in [0.25, 0.3) is 10.9 Å². The summed E-state index contributed by atoms with van der Waals surface area (Å²) in [6.07, 6.45) is 5.02. The molecule has 7 heteroatoms. The maximum Gasteiger partial charge on any atom is 0.140 e. The molecule has 23 heavy (non-hydrogen) atoms. The second-order valence-corrected chi connectivity index (χ2v) is 6.32. The van der Waals surface area contributed by atoms with Crippen molar-refractivity contribution in [2.75, 3.05) is 36.0 Å². The van der Waals surface area contributed by atoms with Crippen LogP contribution in [-0.2, 0) is 0 Å². The summed E-state index contributed by atoms with van der Waals surface area (Å²) >= 11 is 3.53. The van der Waals surface area contributed by atoms with Crippen LogP contribution in [0.4, 0.5) is 11.6 Å². The van der Waals surface area contributed by atoms with Crippen LogP contribution in [0.15, 0.2) is 47.6 Å². The van der Waals surface area contributed by atoms with Gasteiger partial charge in [-0.3, -0.25) is 0 Å². The van der Waals surface area contributed by atoms with E-state index in [1.165, 1.54) is 0 Å². The highest BCUT2D eigenvalue weighted by Gasteiger charge is 2.20. The number of aromatic nitrogens is 4. The predicted molar refractivity (Wildman–Crippen MR) is 93.7 cm³/mol. The molecule has 0 unspecified atom stereocenters. The second kappa shape index (κ2) is 6.08. The van der Waals surface area contributed by atoms with E-state index in [0.717, 1.165) is 53.2 Å². The van der Waals surface area contributed by atoms with Gasteiger partial charge in [-0.1, -0.05) is 15.9 Å². The van der Waals surface area contributed by atoms with Crippen LogP contribution < -0.4 is 9.80 Å². The van der Waals surface area contributed by atoms with E-state index in [0.29, 0.717) is 0 Å². The SMILES string of the molecule is Brc1ccc2ncnc(N3CCN(c4ccncn4)CC3)c2c1. The molecule has 0 radical (unpaired) electrons. The van der Waals surface area contributed by atoms with Crippen molar-refractivity contribution in [1.29, 1.82) is 0 Å². The van der Waals surface area contributed by atoms with Crippen LogP contribution in [0.3, 0.4) is 0 Å². The van der Waals surface area contributed by atoms with Crippen molar-refractivity contribution in [1.82, 2.24) is 19.9 Å². The van der Waals surface area contributed by atoms with Gasteiger partial charge in [0.15, 0.2) is 0 Å². The van der Waals surface area contributed by atoms with Crippen molar-refractivity contribution in [3.8, 4) is 0 Å². The summed E-state index contributed by atoms with van der Waals surface area (Å²) in [7, 11) is 0. The number of nitrogens with zero attached hydrogens (tertiary/aromatic N) is 6. The van der Waals surface area contributed by atoms with Crippen LogP contribution >= 0.6 is 15.9 Å². The van der Waals surface area contributed by atoms with Gasteiger partial charge in [0.2, 0.25) is 0 Å². The maximum atomic E-state index is 4.52. The number of piperazine rings is 1. The molecule has 0 spiro atoms. The number of rotatable bonds is 2. The molecule has 1 aromatic carbocycles. The summed E-state index contributed by atoms with van der Waals surface area (Å²) < 4.78 is 1.04. The normalized spacial score (nSPS) is 15.2. The standard InChI is InChI=1S/C16H15BrN6/c17-12-1-2-14-13(9-12)16(21-11-19-14)23-7-5-22(6-8-23)15-3-4-18-10-20-15/h1-4,9-11H,5-8H2. The van der Waals surface area contributed by atoms with Gasteiger partial charge >= 0.3 is 0 Å². The van der Waals surface area contributed by atoms with Crippen molar-refractivity contribution in [2.24, 2.45) is 0 Å². The zero-order chi connectivity index (χ0) is 15.6. The Labute approximate surface area is 142 Å². The predicted octanol–water partition coefficient (Wildman–Crippen LogP) is 2.51. The van der Waals surface area contributed by atoms with E-state index in [2.05, 4.69) is 51.7 Å². The highest BCUT2D eigenvalue weighted by atomic mass is 79.9. The van der Waals surface area contributed by atoms with Crippen LogP contribution in [0.5, 0.6) is 0 Å². The zero-order valence-electron chi connectivity index (χ0n) is 12.4. The topological polar surface area (TPSA) is 58.0 Å². The molecule has 3 aromatic rings. The minimum absolute atomic E-state index is 0.905. The largest absolute Gasteiger partial charge is 0.353 e. The molecule has 116 valence electrons. The van der Waals surface area contributed by atoms with Crippen LogP contribution in [0.2, 0.25) is 0 Å². The fraction of sp³-hybridized carbons (Fsp3) is 0.250. The average molecular weight is 371 g/mol. The lowest BCUT2D eigenvalue weighted by Gasteiger charge is -2.36. The Hall–Kier alpha value is -2.28. The highest BCUT2D eigenvalue weighted by Crippen LogP contribution is 2.27. The first-order chi connectivity index (χ1) is 11.3. The molecule has 2 aromatic heterocycles. The Morgan fingerprint density at radius 3 is 2.48 bits per heavy atom. The van der Waals surface area contributed by atoms with Crippen LogP contribution in [0, 0.1) is 0 Å². The molecule has 6 nitrogen and oxygen atoms in total. The van der Waals surface area contributed by atoms with E-state index < -0.39 is 0 Å². The molecule has 1 aliphatic rings. The molecule has 0 bridgehead atoms. The lowest BCUT2D eigenvalue weighted by Crippen LogP contribution is -2.47. The molecule has 3 heterocycles. The Morgan fingerprint density at radius 1 is 0.870 bits per heavy atom. The number of hydrogen-bond donors (Lipinski definition) is 0. The number of benzene rings is 1. The van der Waals surface area contributed by atoms with Crippen molar-refractivity contribution >= 4 is 38.5 Å². The van der Waals surface area contributed by atoms with Gasteiger partial charge in [0.1, 0.15) is 24.3 Å². The van der Waals surface area contributed by atoms with Gasteiger partial charge in [-0.05, 0) is 24.3 Å². The Morgan fingerprint density at radius 2 is 1.70 bits per heavy atom. The highest BCUT2D eigenvalue weighted by molar-refractivity contribution is 9.10. The molecular formula is C16H15BrN6. The first kappa shape index (κ1) is 14.3. The van der Waals surface area contributed by atoms with Crippen molar-refractivity contribution in [3.05, 3.63) is 47.6 Å². The van der Waals surface area contributed by atoms with Gasteiger partial charge in [0.05, 0.1) is 5.52 Å². The van der Waals surface area contributed by atoms with Gasteiger partial charge in [-0.2, -0.15) is 0 Å². The molecule has 0 atom stereocenters. The summed E-state index contributed by atoms with van der Waals surface area (Å²) in [5, 5.41) is 1.08. The van der Waals surface area contributed by atoms with E-state index in [4.69, 9.17) is 0 Å².